The number of carbonyl (C=O) groups excluding carboxylic acids is 1. The molecule has 0 aliphatic rings. The number of nitrogens with two attached hydrogens (primary N) is 2. The second kappa shape index (κ2) is 4.73. The first-order valence-electron chi connectivity index (χ1n) is 4.84. The monoisotopic (exact) mass is 267 g/mol. The van der Waals surface area contributed by atoms with Crippen molar-refractivity contribution in [3.05, 3.63) is 34.2 Å². The van der Waals surface area contributed by atoms with Gasteiger partial charge < -0.3 is 11.5 Å². The maximum Gasteiger partial charge on any atom is 0.253 e. The van der Waals surface area contributed by atoms with Crippen LogP contribution in [0.5, 0.6) is 0 Å². The number of halogens is 1. The largest absolute Gasteiger partial charge is 0.370 e. The van der Waals surface area contributed by atoms with Crippen LogP contribution >= 0.6 is 22.9 Å². The molecule has 0 saturated heterocycles. The summed E-state index contributed by atoms with van der Waals surface area (Å²) in [6.07, 6.45) is 0.179. The van der Waals surface area contributed by atoms with Crippen LogP contribution in [0.2, 0.25) is 5.02 Å². The van der Waals surface area contributed by atoms with Crippen LogP contribution in [0.15, 0.2) is 28.6 Å². The van der Waals surface area contributed by atoms with Gasteiger partial charge in [0.25, 0.3) is 5.91 Å². The van der Waals surface area contributed by atoms with Crippen molar-refractivity contribution in [3.8, 4) is 0 Å². The van der Waals surface area contributed by atoms with E-state index < -0.39 is 0 Å². The molecule has 0 bridgehead atoms. The van der Waals surface area contributed by atoms with Crippen molar-refractivity contribution in [2.24, 2.45) is 16.5 Å². The number of hydrogen-bond acceptors (Lipinski definition) is 2. The van der Waals surface area contributed by atoms with Crippen LogP contribution in [0.3, 0.4) is 0 Å². The van der Waals surface area contributed by atoms with Gasteiger partial charge in [0.2, 0.25) is 0 Å². The average Bonchev–Trinajstić information content (AvgIpc) is 2.60. The Morgan fingerprint density at radius 2 is 2.18 bits per heavy atom. The Morgan fingerprint density at radius 3 is 2.88 bits per heavy atom. The maximum absolute atomic E-state index is 11.5. The first-order chi connectivity index (χ1) is 8.06. The summed E-state index contributed by atoms with van der Waals surface area (Å²) in [7, 11) is 0. The first kappa shape index (κ1) is 11.9. The van der Waals surface area contributed by atoms with Gasteiger partial charge in [-0.1, -0.05) is 11.6 Å². The van der Waals surface area contributed by atoms with Gasteiger partial charge in [-0.3, -0.25) is 4.79 Å². The minimum absolute atomic E-state index is 0.179. The summed E-state index contributed by atoms with van der Waals surface area (Å²) in [5, 5.41) is 3.54. The fourth-order valence-electron chi connectivity index (χ4n) is 1.54. The molecule has 0 radical (unpaired) electrons. The number of thiophene rings is 1. The topological polar surface area (TPSA) is 81.5 Å². The lowest BCUT2D eigenvalue weighted by Gasteiger charge is -1.97. The molecule has 1 amide bonds. The number of guanidine groups is 1. The van der Waals surface area contributed by atoms with Crippen molar-refractivity contribution in [1.82, 2.24) is 0 Å². The number of amides is 1. The Kier molecular flexibility index (Phi) is 3.31. The molecular weight excluding hydrogens is 258 g/mol. The maximum atomic E-state index is 11.5. The third-order valence-electron chi connectivity index (χ3n) is 2.21. The van der Waals surface area contributed by atoms with E-state index in [1.54, 1.807) is 11.3 Å². The number of benzene rings is 1. The van der Waals surface area contributed by atoms with E-state index in [1.807, 2.05) is 23.6 Å². The molecule has 2 aromatic rings. The highest BCUT2D eigenvalue weighted by Gasteiger charge is 2.09. The van der Waals surface area contributed by atoms with Gasteiger partial charge in [0, 0.05) is 9.72 Å². The van der Waals surface area contributed by atoms with E-state index in [2.05, 4.69) is 4.99 Å². The number of carbonyl (C=O) groups is 1. The molecule has 0 aliphatic carbocycles. The van der Waals surface area contributed by atoms with Gasteiger partial charge in [0.1, 0.15) is 0 Å². The molecule has 4 N–H and O–H groups in total. The molecule has 17 heavy (non-hydrogen) atoms. The second-order valence-electron chi connectivity index (χ2n) is 3.51. The third-order valence-corrected chi connectivity index (χ3v) is 3.46. The van der Waals surface area contributed by atoms with Crippen molar-refractivity contribution in [2.75, 3.05) is 0 Å². The summed E-state index contributed by atoms with van der Waals surface area (Å²) in [6.45, 7) is 0. The molecule has 0 saturated carbocycles. The number of rotatable bonds is 2. The summed E-state index contributed by atoms with van der Waals surface area (Å²) in [5.74, 6) is -0.572. The molecule has 0 atom stereocenters. The van der Waals surface area contributed by atoms with Crippen LogP contribution in [-0.4, -0.2) is 11.9 Å². The van der Waals surface area contributed by atoms with Crippen molar-refractivity contribution < 1.29 is 4.79 Å². The van der Waals surface area contributed by atoms with Gasteiger partial charge in [-0.25, -0.2) is 0 Å². The van der Waals surface area contributed by atoms with E-state index in [0.717, 1.165) is 15.6 Å². The van der Waals surface area contributed by atoms with Crippen LogP contribution in [0.1, 0.15) is 5.56 Å². The molecule has 1 aromatic heterocycles. The molecular formula is C11H10ClN3OS. The first-order valence-corrected chi connectivity index (χ1v) is 6.10. The van der Waals surface area contributed by atoms with Crippen LogP contribution < -0.4 is 11.5 Å². The Morgan fingerprint density at radius 1 is 1.41 bits per heavy atom. The predicted octanol–water partition coefficient (Wildman–Crippen LogP) is 1.90. The average molecular weight is 268 g/mol. The predicted molar refractivity (Wildman–Crippen MR) is 71.4 cm³/mol. The van der Waals surface area contributed by atoms with Crippen molar-refractivity contribution in [1.29, 1.82) is 0 Å². The van der Waals surface area contributed by atoms with Gasteiger partial charge in [-0.05, 0) is 34.5 Å². The lowest BCUT2D eigenvalue weighted by Crippen LogP contribution is -2.24. The lowest BCUT2D eigenvalue weighted by atomic mass is 10.1. The molecule has 0 fully saturated rings. The zero-order valence-electron chi connectivity index (χ0n) is 8.81. The quantitative estimate of drug-likeness (QED) is 0.644. The summed E-state index contributed by atoms with van der Waals surface area (Å²) in [6, 6.07) is 5.59. The highest BCUT2D eigenvalue weighted by atomic mass is 35.5. The zero-order valence-corrected chi connectivity index (χ0v) is 10.4. The number of fused-ring (bicyclic) bond motifs is 1. The highest BCUT2D eigenvalue weighted by Crippen LogP contribution is 2.29. The van der Waals surface area contributed by atoms with Crippen LogP contribution in [0.4, 0.5) is 0 Å². The molecule has 6 heteroatoms. The minimum Gasteiger partial charge on any atom is -0.370 e. The van der Waals surface area contributed by atoms with Gasteiger partial charge in [-0.15, -0.1) is 11.3 Å². The molecule has 0 unspecified atom stereocenters. The van der Waals surface area contributed by atoms with E-state index in [9.17, 15) is 4.79 Å². The number of hydrogen-bond donors (Lipinski definition) is 2. The Hall–Kier alpha value is -1.59. The molecule has 1 heterocycles. The lowest BCUT2D eigenvalue weighted by molar-refractivity contribution is -0.117. The van der Waals surface area contributed by atoms with Gasteiger partial charge in [-0.2, -0.15) is 4.99 Å². The Balaban J connectivity index is 2.33. The van der Waals surface area contributed by atoms with Crippen molar-refractivity contribution in [3.63, 3.8) is 0 Å². The van der Waals surface area contributed by atoms with Crippen LogP contribution in [0.25, 0.3) is 10.1 Å². The molecule has 1 aromatic carbocycles. The van der Waals surface area contributed by atoms with E-state index >= 15 is 0 Å². The Labute approximate surface area is 107 Å². The normalized spacial score (nSPS) is 10.4. The molecule has 4 nitrogen and oxygen atoms in total. The summed E-state index contributed by atoms with van der Waals surface area (Å²) in [4.78, 5) is 15.0. The molecule has 0 aliphatic heterocycles. The molecule has 2 rings (SSSR count). The molecule has 0 spiro atoms. The fourth-order valence-corrected chi connectivity index (χ4v) is 2.65. The van der Waals surface area contributed by atoms with Gasteiger partial charge in [0.05, 0.1) is 6.42 Å². The van der Waals surface area contributed by atoms with Gasteiger partial charge in [0.15, 0.2) is 5.96 Å². The van der Waals surface area contributed by atoms with Crippen molar-refractivity contribution >= 4 is 44.9 Å². The summed E-state index contributed by atoms with van der Waals surface area (Å²) >= 11 is 7.48. The Bertz CT molecular complexity index is 602. The minimum atomic E-state index is -0.357. The second-order valence-corrected chi connectivity index (χ2v) is 4.86. The van der Waals surface area contributed by atoms with E-state index in [0.29, 0.717) is 5.02 Å². The van der Waals surface area contributed by atoms with E-state index in [4.69, 9.17) is 23.1 Å². The fraction of sp³-hybridized carbons (Fsp3) is 0.0909. The number of aliphatic imine (C=N–C) groups is 1. The smallest absolute Gasteiger partial charge is 0.253 e. The zero-order chi connectivity index (χ0) is 12.4. The summed E-state index contributed by atoms with van der Waals surface area (Å²) in [5.41, 5.74) is 11.2. The number of nitrogens with zero attached hydrogens (tertiary/aromatic N) is 1. The van der Waals surface area contributed by atoms with Crippen LogP contribution in [0, 0.1) is 0 Å². The van der Waals surface area contributed by atoms with E-state index in [-0.39, 0.29) is 18.3 Å². The third kappa shape index (κ3) is 2.75. The highest BCUT2D eigenvalue weighted by molar-refractivity contribution is 7.17. The molecule has 88 valence electrons. The van der Waals surface area contributed by atoms with Crippen molar-refractivity contribution in [2.45, 2.75) is 6.42 Å². The SMILES string of the molecule is NC(N)=NC(=O)Cc1csc2ccc(Cl)cc12. The van der Waals surface area contributed by atoms with E-state index in [1.165, 1.54) is 0 Å². The standard InChI is InChI=1S/C11H10ClN3OS/c12-7-1-2-9-8(4-7)6(5-17-9)3-10(16)15-11(13)14/h1-2,4-5H,3H2,(H4,13,14,15,16). The van der Waals surface area contributed by atoms with Crippen LogP contribution in [-0.2, 0) is 11.2 Å². The summed E-state index contributed by atoms with van der Waals surface area (Å²) < 4.78 is 1.09. The van der Waals surface area contributed by atoms with Gasteiger partial charge >= 0.3 is 0 Å².